The average Bonchev–Trinajstić information content (AvgIpc) is 3.82. The molecule has 0 spiro atoms. The van der Waals surface area contributed by atoms with E-state index >= 15 is 0 Å². The third-order valence-corrected chi connectivity index (χ3v) is 8.54. The predicted molar refractivity (Wildman–Crippen MR) is 155 cm³/mol. The molecule has 3 aromatic rings. The first kappa shape index (κ1) is 29.2. The van der Waals surface area contributed by atoms with Gasteiger partial charge in [0.2, 0.25) is 11.9 Å². The monoisotopic (exact) mass is 596 g/mol. The number of para-hydroxylation sites is 1. The summed E-state index contributed by atoms with van der Waals surface area (Å²) >= 11 is 0. The molecule has 12 heteroatoms. The first-order chi connectivity index (χ1) is 20.7. The van der Waals surface area contributed by atoms with Gasteiger partial charge in [-0.15, -0.1) is 0 Å². The summed E-state index contributed by atoms with van der Waals surface area (Å²) in [5.74, 6) is -0.114. The minimum atomic E-state index is -4.69. The number of fused-ring (bicyclic) bond motifs is 1. The third-order valence-electron chi connectivity index (χ3n) is 8.54. The first-order valence-electron chi connectivity index (χ1n) is 14.9. The highest BCUT2D eigenvalue weighted by Crippen LogP contribution is 2.37. The van der Waals surface area contributed by atoms with E-state index in [0.717, 1.165) is 51.0 Å². The zero-order valence-corrected chi connectivity index (χ0v) is 23.9. The lowest BCUT2D eigenvalue weighted by atomic mass is 10.1. The molecule has 0 radical (unpaired) electrons. The van der Waals surface area contributed by atoms with Crippen molar-refractivity contribution in [3.8, 4) is 5.75 Å². The molecule has 2 aliphatic heterocycles. The Morgan fingerprint density at radius 1 is 1.02 bits per heavy atom. The number of hydrogen-bond acceptors (Lipinski definition) is 6. The van der Waals surface area contributed by atoms with E-state index in [9.17, 15) is 22.8 Å². The maximum atomic E-state index is 13.3. The summed E-state index contributed by atoms with van der Waals surface area (Å²) in [5, 5.41) is 2.76. The maximum Gasteiger partial charge on any atom is 0.433 e. The number of carbonyl (C=O) groups is 2. The van der Waals surface area contributed by atoms with Gasteiger partial charge >= 0.3 is 6.18 Å². The molecule has 1 aliphatic carbocycles. The van der Waals surface area contributed by atoms with Crippen LogP contribution in [0.3, 0.4) is 0 Å². The van der Waals surface area contributed by atoms with Crippen LogP contribution in [0.15, 0.2) is 49.2 Å². The molecule has 0 bridgehead atoms. The number of nitrogens with one attached hydrogen (secondary N) is 1. The quantitative estimate of drug-likeness (QED) is 0.365. The largest absolute Gasteiger partial charge is 0.488 e. The fourth-order valence-corrected chi connectivity index (χ4v) is 6.19. The Morgan fingerprint density at radius 3 is 2.53 bits per heavy atom. The van der Waals surface area contributed by atoms with Gasteiger partial charge in [-0.25, -0.2) is 4.98 Å². The van der Waals surface area contributed by atoms with Crippen LogP contribution >= 0.6 is 0 Å². The van der Waals surface area contributed by atoms with Crippen molar-refractivity contribution in [3.63, 3.8) is 0 Å². The number of pyridine rings is 1. The van der Waals surface area contributed by atoms with Gasteiger partial charge in [-0.05, 0) is 75.3 Å². The number of alkyl halides is 3. The Labute approximate surface area is 247 Å². The first-order valence-corrected chi connectivity index (χ1v) is 14.9. The Hall–Kier alpha value is -3.93. The molecule has 2 saturated heterocycles. The second-order valence-electron chi connectivity index (χ2n) is 11.5. The zero-order chi connectivity index (χ0) is 30.1. The van der Waals surface area contributed by atoms with Crippen LogP contribution in [0.4, 0.5) is 19.1 Å². The number of aromatic nitrogens is 3. The smallest absolute Gasteiger partial charge is 0.433 e. The number of hydrogen-bond donors (Lipinski definition) is 1. The molecule has 1 saturated carbocycles. The van der Waals surface area contributed by atoms with Crippen LogP contribution in [0.25, 0.3) is 11.0 Å². The van der Waals surface area contributed by atoms with Gasteiger partial charge in [0.25, 0.3) is 5.91 Å². The van der Waals surface area contributed by atoms with Crippen molar-refractivity contribution in [2.75, 3.05) is 31.5 Å². The van der Waals surface area contributed by atoms with Crippen LogP contribution < -0.4 is 10.1 Å². The lowest BCUT2D eigenvalue weighted by molar-refractivity contribution is -0.141. The summed E-state index contributed by atoms with van der Waals surface area (Å²) < 4.78 is 48.4. The predicted octanol–water partition coefficient (Wildman–Crippen LogP) is 5.45. The minimum absolute atomic E-state index is 0.0209. The van der Waals surface area contributed by atoms with E-state index in [-0.39, 0.29) is 29.6 Å². The second-order valence-corrected chi connectivity index (χ2v) is 11.5. The average molecular weight is 597 g/mol. The molecule has 2 amide bonds. The van der Waals surface area contributed by atoms with Crippen LogP contribution in [0.5, 0.6) is 5.75 Å². The number of piperidine rings is 1. The molecule has 1 atom stereocenters. The van der Waals surface area contributed by atoms with Crippen LogP contribution in [0.2, 0.25) is 0 Å². The van der Waals surface area contributed by atoms with E-state index in [1.165, 1.54) is 25.0 Å². The topological polar surface area (TPSA) is 92.6 Å². The third kappa shape index (κ3) is 6.39. The Morgan fingerprint density at radius 2 is 1.81 bits per heavy atom. The van der Waals surface area contributed by atoms with Gasteiger partial charge in [0.15, 0.2) is 0 Å². The lowest BCUT2D eigenvalue weighted by Crippen LogP contribution is -2.39. The summed E-state index contributed by atoms with van der Waals surface area (Å²) in [6.45, 7) is 6.55. The molecule has 3 fully saturated rings. The van der Waals surface area contributed by atoms with Crippen molar-refractivity contribution in [1.82, 2.24) is 24.3 Å². The van der Waals surface area contributed by atoms with E-state index in [1.807, 2.05) is 22.8 Å². The lowest BCUT2D eigenvalue weighted by Gasteiger charge is -2.32. The molecule has 3 aliphatic rings. The fraction of sp³-hybridized carbons (Fsp3) is 0.484. The highest BCUT2D eigenvalue weighted by atomic mass is 19.4. The maximum absolute atomic E-state index is 13.3. The number of amides is 2. The van der Waals surface area contributed by atoms with Crippen molar-refractivity contribution in [1.29, 1.82) is 0 Å². The van der Waals surface area contributed by atoms with Gasteiger partial charge in [-0.2, -0.15) is 13.2 Å². The molecule has 4 heterocycles. The van der Waals surface area contributed by atoms with Crippen molar-refractivity contribution in [3.05, 3.63) is 60.4 Å². The van der Waals surface area contributed by atoms with Crippen LogP contribution in [-0.4, -0.2) is 74.5 Å². The van der Waals surface area contributed by atoms with Crippen LogP contribution in [-0.2, 0) is 11.0 Å². The van der Waals surface area contributed by atoms with Gasteiger partial charge < -0.3 is 19.1 Å². The van der Waals surface area contributed by atoms with Crippen molar-refractivity contribution in [2.45, 2.75) is 69.3 Å². The number of imidazole rings is 1. The van der Waals surface area contributed by atoms with Gasteiger partial charge in [0.1, 0.15) is 23.1 Å². The number of rotatable bonds is 7. The molecule has 1 N–H and O–H groups in total. The number of nitrogens with zero attached hydrogens (tertiary/aromatic N) is 5. The number of anilines is 1. The molecule has 0 unspecified atom stereocenters. The Bertz CT molecular complexity index is 1510. The Balaban J connectivity index is 1.36. The summed E-state index contributed by atoms with van der Waals surface area (Å²) in [4.78, 5) is 38.3. The Kier molecular flexibility index (Phi) is 8.13. The van der Waals surface area contributed by atoms with Crippen molar-refractivity contribution in [2.24, 2.45) is 0 Å². The van der Waals surface area contributed by atoms with E-state index in [2.05, 4.69) is 21.8 Å². The number of halogens is 3. The van der Waals surface area contributed by atoms with Crippen LogP contribution in [0.1, 0.15) is 67.0 Å². The number of likely N-dealkylation sites (tertiary alicyclic amines) is 2. The fourth-order valence-electron chi connectivity index (χ4n) is 6.19. The number of carbonyl (C=O) groups excluding carboxylic acids is 2. The van der Waals surface area contributed by atoms with Gasteiger partial charge in [-0.3, -0.25) is 19.9 Å². The van der Waals surface area contributed by atoms with Crippen LogP contribution in [0, 0.1) is 0 Å². The molecule has 6 rings (SSSR count). The number of ether oxygens (including phenoxy) is 1. The standard InChI is InChI=1S/C31H35F3N6O3/c1-2-27(41)39-15-4-3-6-22(19-39)40-28-24(7-5-8-25(28)43-23-12-16-38(17-13-23)21-9-10-21)36-30(40)37-29(42)20-11-14-35-26(18-20)31(32,33)34/h2,5,7-8,11,14,18,21-23H,1,3-4,6,9-10,12-13,15-17,19H2,(H,36,37,42)/t22-/m1/s1. The van der Waals surface area contributed by atoms with E-state index < -0.39 is 17.8 Å². The van der Waals surface area contributed by atoms with Gasteiger partial charge in [0, 0.05) is 44.0 Å². The van der Waals surface area contributed by atoms with E-state index in [0.29, 0.717) is 42.3 Å². The highest BCUT2D eigenvalue weighted by molar-refractivity contribution is 6.04. The van der Waals surface area contributed by atoms with Crippen molar-refractivity contribution >= 4 is 28.8 Å². The van der Waals surface area contributed by atoms with E-state index in [4.69, 9.17) is 9.72 Å². The summed E-state index contributed by atoms with van der Waals surface area (Å²) in [6, 6.07) is 7.96. The molecular formula is C31H35F3N6O3. The van der Waals surface area contributed by atoms with Gasteiger partial charge in [0.05, 0.1) is 11.6 Å². The molecule has 228 valence electrons. The SMILES string of the molecule is C=CC(=O)N1CCCC[C@@H](n2c(NC(=O)c3ccnc(C(F)(F)F)c3)nc3cccc(OC4CCN(C5CC5)CC4)c32)C1. The summed E-state index contributed by atoms with van der Waals surface area (Å²) in [5.41, 5.74) is -0.0747. The minimum Gasteiger partial charge on any atom is -0.488 e. The molecule has 9 nitrogen and oxygen atoms in total. The van der Waals surface area contributed by atoms with Gasteiger partial charge in [-0.1, -0.05) is 12.6 Å². The number of benzene rings is 1. The van der Waals surface area contributed by atoms with Crippen molar-refractivity contribution < 1.29 is 27.5 Å². The molecular weight excluding hydrogens is 561 g/mol. The molecule has 43 heavy (non-hydrogen) atoms. The summed E-state index contributed by atoms with van der Waals surface area (Å²) in [7, 11) is 0. The zero-order valence-electron chi connectivity index (χ0n) is 23.9. The molecule has 1 aromatic carbocycles. The normalized spacial score (nSPS) is 20.5. The highest BCUT2D eigenvalue weighted by Gasteiger charge is 2.35. The summed E-state index contributed by atoms with van der Waals surface area (Å²) in [6.07, 6.45) is 4.27. The molecule has 2 aromatic heterocycles. The second kappa shape index (κ2) is 12.0. The van der Waals surface area contributed by atoms with E-state index in [1.54, 1.807) is 4.90 Å².